The Labute approximate surface area is 186 Å². The summed E-state index contributed by atoms with van der Waals surface area (Å²) in [5.41, 5.74) is 1.74. The summed E-state index contributed by atoms with van der Waals surface area (Å²) in [5, 5.41) is 3.53. The zero-order chi connectivity index (χ0) is 21.8. The summed E-state index contributed by atoms with van der Waals surface area (Å²) in [6.07, 6.45) is 2.74. The maximum absolute atomic E-state index is 13.1. The molecule has 0 unspecified atom stereocenters. The van der Waals surface area contributed by atoms with E-state index in [1.165, 1.54) is 11.8 Å². The number of furan rings is 1. The molecule has 2 amide bonds. The van der Waals surface area contributed by atoms with Crippen molar-refractivity contribution < 1.29 is 14.0 Å². The van der Waals surface area contributed by atoms with Gasteiger partial charge in [0.1, 0.15) is 12.3 Å². The summed E-state index contributed by atoms with van der Waals surface area (Å²) in [7, 11) is 0. The second kappa shape index (κ2) is 9.60. The molecule has 31 heavy (non-hydrogen) atoms. The quantitative estimate of drug-likeness (QED) is 0.569. The number of carbonyl (C=O) groups excluding carboxylic acids is 2. The standard InChI is InChI=1S/C23H28N4O3S/c1-16-10-17(2)13-26(12-16)22(29)14-27-20-8-4-3-7-19(20)25-23(27)31-15-21(28)24-11-18-6-5-9-30-18/h3-9,16-17H,10-15H2,1-2H3,(H,24,28)/t16-,17+. The first-order chi connectivity index (χ1) is 15.0. The van der Waals surface area contributed by atoms with Crippen LogP contribution in [0.3, 0.4) is 0 Å². The van der Waals surface area contributed by atoms with Gasteiger partial charge in [-0.3, -0.25) is 9.59 Å². The van der Waals surface area contributed by atoms with Crippen molar-refractivity contribution in [1.29, 1.82) is 0 Å². The molecule has 1 aliphatic heterocycles. The molecule has 164 valence electrons. The topological polar surface area (TPSA) is 80.4 Å². The number of nitrogens with zero attached hydrogens (tertiary/aromatic N) is 3. The molecule has 0 spiro atoms. The Balaban J connectivity index is 1.45. The van der Waals surface area contributed by atoms with Gasteiger partial charge in [0.25, 0.3) is 0 Å². The van der Waals surface area contributed by atoms with Gasteiger partial charge in [-0.05, 0) is 42.5 Å². The number of nitrogens with one attached hydrogen (secondary N) is 1. The summed E-state index contributed by atoms with van der Waals surface area (Å²) < 4.78 is 7.18. The van der Waals surface area contributed by atoms with E-state index in [9.17, 15) is 9.59 Å². The molecule has 0 aliphatic carbocycles. The summed E-state index contributed by atoms with van der Waals surface area (Å²) in [6, 6.07) is 11.4. The van der Waals surface area contributed by atoms with Gasteiger partial charge in [0.05, 0.1) is 29.6 Å². The molecule has 7 nitrogen and oxygen atoms in total. The van der Waals surface area contributed by atoms with Gasteiger partial charge in [0.2, 0.25) is 11.8 Å². The number of rotatable bonds is 7. The first kappa shape index (κ1) is 21.5. The molecule has 1 saturated heterocycles. The monoisotopic (exact) mass is 440 g/mol. The molecule has 2 atom stereocenters. The van der Waals surface area contributed by atoms with Crippen LogP contribution in [0.2, 0.25) is 0 Å². The zero-order valence-corrected chi connectivity index (χ0v) is 18.7. The number of carbonyl (C=O) groups is 2. The Morgan fingerprint density at radius 1 is 1.16 bits per heavy atom. The minimum Gasteiger partial charge on any atom is -0.467 e. The summed E-state index contributed by atoms with van der Waals surface area (Å²) in [4.78, 5) is 32.0. The van der Waals surface area contributed by atoms with Gasteiger partial charge in [0, 0.05) is 13.1 Å². The minimum absolute atomic E-state index is 0.102. The highest BCUT2D eigenvalue weighted by atomic mass is 32.2. The van der Waals surface area contributed by atoms with Crippen LogP contribution in [0.5, 0.6) is 0 Å². The summed E-state index contributed by atoms with van der Waals surface area (Å²) >= 11 is 1.35. The van der Waals surface area contributed by atoms with Crippen LogP contribution in [0.25, 0.3) is 11.0 Å². The van der Waals surface area contributed by atoms with Gasteiger partial charge < -0.3 is 19.2 Å². The van der Waals surface area contributed by atoms with Crippen molar-refractivity contribution in [1.82, 2.24) is 19.8 Å². The third-order valence-corrected chi connectivity index (χ3v) is 6.48. The molecule has 2 aromatic heterocycles. The van der Waals surface area contributed by atoms with E-state index in [1.807, 2.05) is 39.8 Å². The lowest BCUT2D eigenvalue weighted by atomic mass is 9.92. The lowest BCUT2D eigenvalue weighted by Crippen LogP contribution is -2.44. The number of hydrogen-bond acceptors (Lipinski definition) is 5. The van der Waals surface area contributed by atoms with Crippen LogP contribution in [0.4, 0.5) is 0 Å². The lowest BCUT2D eigenvalue weighted by Gasteiger charge is -2.35. The Morgan fingerprint density at radius 2 is 1.94 bits per heavy atom. The molecule has 1 aromatic carbocycles. The molecule has 0 saturated carbocycles. The number of imidazole rings is 1. The molecule has 3 aromatic rings. The van der Waals surface area contributed by atoms with Gasteiger partial charge in [0.15, 0.2) is 5.16 Å². The molecule has 1 fully saturated rings. The molecule has 1 N–H and O–H groups in total. The highest BCUT2D eigenvalue weighted by Crippen LogP contribution is 2.26. The average Bonchev–Trinajstić information content (AvgIpc) is 3.38. The number of thioether (sulfide) groups is 1. The third kappa shape index (κ3) is 5.31. The first-order valence-electron chi connectivity index (χ1n) is 10.6. The Bertz CT molecular complexity index is 1040. The Kier molecular flexibility index (Phi) is 6.65. The van der Waals surface area contributed by atoms with Crippen LogP contribution in [-0.4, -0.2) is 45.1 Å². The molecule has 0 radical (unpaired) electrons. The normalized spacial score (nSPS) is 19.0. The molecule has 4 rings (SSSR count). The van der Waals surface area contributed by atoms with E-state index >= 15 is 0 Å². The SMILES string of the molecule is C[C@@H]1C[C@H](C)CN(C(=O)Cn2c(SCC(=O)NCc3ccco3)nc3ccccc32)C1. The fourth-order valence-electron chi connectivity index (χ4n) is 4.20. The van der Waals surface area contributed by atoms with Crippen molar-refractivity contribution in [2.24, 2.45) is 11.8 Å². The van der Waals surface area contributed by atoms with Gasteiger partial charge in [-0.15, -0.1) is 0 Å². The van der Waals surface area contributed by atoms with Crippen molar-refractivity contribution in [3.63, 3.8) is 0 Å². The van der Waals surface area contributed by atoms with E-state index in [0.717, 1.165) is 30.5 Å². The molecular formula is C23H28N4O3S. The van der Waals surface area contributed by atoms with Crippen LogP contribution in [0.1, 0.15) is 26.0 Å². The van der Waals surface area contributed by atoms with E-state index in [-0.39, 0.29) is 24.1 Å². The summed E-state index contributed by atoms with van der Waals surface area (Å²) in [6.45, 7) is 6.58. The number of para-hydroxylation sites is 2. The van der Waals surface area contributed by atoms with Gasteiger partial charge in [-0.1, -0.05) is 37.7 Å². The number of benzene rings is 1. The number of piperidine rings is 1. The van der Waals surface area contributed by atoms with Crippen LogP contribution < -0.4 is 5.32 Å². The van der Waals surface area contributed by atoms with Crippen molar-refractivity contribution in [2.75, 3.05) is 18.8 Å². The smallest absolute Gasteiger partial charge is 0.242 e. The minimum atomic E-state index is -0.106. The van der Waals surface area contributed by atoms with E-state index in [0.29, 0.717) is 29.3 Å². The largest absolute Gasteiger partial charge is 0.467 e. The maximum atomic E-state index is 13.1. The lowest BCUT2D eigenvalue weighted by molar-refractivity contribution is -0.134. The van der Waals surface area contributed by atoms with Crippen molar-refractivity contribution in [3.05, 3.63) is 48.4 Å². The number of amides is 2. The predicted octanol–water partition coefficient (Wildman–Crippen LogP) is 3.54. The molecule has 1 aliphatic rings. The average molecular weight is 441 g/mol. The van der Waals surface area contributed by atoms with Gasteiger partial charge >= 0.3 is 0 Å². The highest BCUT2D eigenvalue weighted by molar-refractivity contribution is 7.99. The Hall–Kier alpha value is -2.74. The molecule has 8 heteroatoms. The van der Waals surface area contributed by atoms with Crippen molar-refractivity contribution in [2.45, 2.75) is 38.5 Å². The summed E-state index contributed by atoms with van der Waals surface area (Å²) in [5.74, 6) is 1.95. The number of hydrogen-bond donors (Lipinski definition) is 1. The van der Waals surface area contributed by atoms with Crippen LogP contribution in [0, 0.1) is 11.8 Å². The number of likely N-dealkylation sites (tertiary alicyclic amines) is 1. The fourth-order valence-corrected chi connectivity index (χ4v) is 5.04. The molecular weight excluding hydrogens is 412 g/mol. The predicted molar refractivity (Wildman–Crippen MR) is 121 cm³/mol. The van der Waals surface area contributed by atoms with E-state index in [4.69, 9.17) is 4.42 Å². The van der Waals surface area contributed by atoms with Crippen LogP contribution in [0.15, 0.2) is 52.2 Å². The van der Waals surface area contributed by atoms with Gasteiger partial charge in [-0.25, -0.2) is 4.98 Å². The number of fused-ring (bicyclic) bond motifs is 1. The van der Waals surface area contributed by atoms with Gasteiger partial charge in [-0.2, -0.15) is 0 Å². The maximum Gasteiger partial charge on any atom is 0.242 e. The first-order valence-corrected chi connectivity index (χ1v) is 11.6. The van der Waals surface area contributed by atoms with Crippen molar-refractivity contribution in [3.8, 4) is 0 Å². The van der Waals surface area contributed by atoms with Crippen molar-refractivity contribution >= 4 is 34.6 Å². The number of aromatic nitrogens is 2. The van der Waals surface area contributed by atoms with Crippen LogP contribution in [-0.2, 0) is 22.7 Å². The highest BCUT2D eigenvalue weighted by Gasteiger charge is 2.26. The Morgan fingerprint density at radius 3 is 2.68 bits per heavy atom. The van der Waals surface area contributed by atoms with E-state index in [1.54, 1.807) is 12.3 Å². The molecule has 3 heterocycles. The zero-order valence-electron chi connectivity index (χ0n) is 17.9. The third-order valence-electron chi connectivity index (χ3n) is 5.51. The second-order valence-electron chi connectivity index (χ2n) is 8.36. The van der Waals surface area contributed by atoms with E-state index < -0.39 is 0 Å². The van der Waals surface area contributed by atoms with Crippen LogP contribution >= 0.6 is 11.8 Å². The second-order valence-corrected chi connectivity index (χ2v) is 9.30. The fraction of sp³-hybridized carbons (Fsp3) is 0.435. The van der Waals surface area contributed by atoms with E-state index in [2.05, 4.69) is 24.1 Å². The molecule has 0 bridgehead atoms.